The first-order valence-corrected chi connectivity index (χ1v) is 4.17. The number of ketones is 1. The van der Waals surface area contributed by atoms with Gasteiger partial charge in [-0.15, -0.1) is 0 Å². The molecule has 3 heteroatoms. The van der Waals surface area contributed by atoms with Crippen molar-refractivity contribution in [1.82, 2.24) is 0 Å². The number of unbranched alkanes of at least 4 members (excludes halogenated alkanes) is 1. The van der Waals surface area contributed by atoms with Gasteiger partial charge in [0.2, 0.25) is 0 Å². The third-order valence-corrected chi connectivity index (χ3v) is 1.39. The highest BCUT2D eigenvalue weighted by atomic mass is 16.5. The van der Waals surface area contributed by atoms with Gasteiger partial charge in [0, 0.05) is 6.42 Å². The van der Waals surface area contributed by atoms with E-state index >= 15 is 0 Å². The predicted octanol–water partition coefficient (Wildman–Crippen LogP) is 1.51. The number of rotatable bonds is 6. The lowest BCUT2D eigenvalue weighted by Gasteiger charge is -2.01. The third kappa shape index (κ3) is 5.89. The van der Waals surface area contributed by atoms with Crippen molar-refractivity contribution in [2.45, 2.75) is 32.6 Å². The van der Waals surface area contributed by atoms with E-state index in [0.29, 0.717) is 13.0 Å². The molecule has 0 atom stereocenters. The Labute approximate surface area is 73.1 Å². The Bertz CT molecular complexity index is 152. The second-order valence-corrected chi connectivity index (χ2v) is 2.50. The van der Waals surface area contributed by atoms with Crippen LogP contribution in [0.4, 0.5) is 0 Å². The van der Waals surface area contributed by atoms with Crippen LogP contribution in [0.15, 0.2) is 0 Å². The summed E-state index contributed by atoms with van der Waals surface area (Å²) in [5.74, 6) is -0.495. The van der Waals surface area contributed by atoms with Crippen molar-refractivity contribution in [2.75, 3.05) is 6.61 Å². The lowest BCUT2D eigenvalue weighted by Crippen LogP contribution is -2.11. The SMILES string of the molecule is [CH2]CCCOC(=O)CC(=O)CC. The molecule has 0 rings (SSSR count). The Hall–Kier alpha value is -0.860. The zero-order chi connectivity index (χ0) is 9.40. The van der Waals surface area contributed by atoms with Crippen LogP contribution in [0.25, 0.3) is 0 Å². The van der Waals surface area contributed by atoms with E-state index in [2.05, 4.69) is 6.92 Å². The van der Waals surface area contributed by atoms with Crippen molar-refractivity contribution in [3.8, 4) is 0 Å². The van der Waals surface area contributed by atoms with Crippen LogP contribution in [0.3, 0.4) is 0 Å². The first-order chi connectivity index (χ1) is 5.70. The molecule has 69 valence electrons. The molecule has 0 aliphatic rings. The van der Waals surface area contributed by atoms with Crippen molar-refractivity contribution in [3.05, 3.63) is 6.92 Å². The van der Waals surface area contributed by atoms with Gasteiger partial charge in [0.25, 0.3) is 0 Å². The first kappa shape index (κ1) is 11.1. The fourth-order valence-electron chi connectivity index (χ4n) is 0.625. The number of hydrogen-bond acceptors (Lipinski definition) is 3. The molecule has 0 amide bonds. The fourth-order valence-corrected chi connectivity index (χ4v) is 0.625. The van der Waals surface area contributed by atoms with Crippen LogP contribution < -0.4 is 0 Å². The minimum Gasteiger partial charge on any atom is -0.465 e. The summed E-state index contributed by atoms with van der Waals surface area (Å²) in [6.45, 7) is 5.70. The predicted molar refractivity (Wildman–Crippen MR) is 45.5 cm³/mol. The van der Waals surface area contributed by atoms with Gasteiger partial charge in [0.05, 0.1) is 6.61 Å². The normalized spacial score (nSPS) is 9.50. The fraction of sp³-hybridized carbons (Fsp3) is 0.667. The van der Waals surface area contributed by atoms with E-state index in [4.69, 9.17) is 4.74 Å². The molecule has 1 radical (unpaired) electrons. The molecule has 0 saturated heterocycles. The highest BCUT2D eigenvalue weighted by molar-refractivity contribution is 5.95. The van der Waals surface area contributed by atoms with Crippen LogP contribution in [0, 0.1) is 6.92 Å². The maximum atomic E-state index is 10.8. The monoisotopic (exact) mass is 171 g/mol. The van der Waals surface area contributed by atoms with Crippen LogP contribution in [-0.4, -0.2) is 18.4 Å². The molecule has 0 heterocycles. The number of ether oxygens (including phenoxy) is 1. The molecular weight excluding hydrogens is 156 g/mol. The molecule has 0 bridgehead atoms. The highest BCUT2D eigenvalue weighted by Crippen LogP contribution is 1.94. The van der Waals surface area contributed by atoms with Gasteiger partial charge in [-0.3, -0.25) is 9.59 Å². The number of carbonyl (C=O) groups excluding carboxylic acids is 2. The zero-order valence-corrected chi connectivity index (χ0v) is 7.47. The van der Waals surface area contributed by atoms with Crippen LogP contribution in [0.1, 0.15) is 32.6 Å². The van der Waals surface area contributed by atoms with E-state index in [9.17, 15) is 9.59 Å². The molecule has 0 aromatic rings. The molecular formula is C9H15O3. The van der Waals surface area contributed by atoms with Gasteiger partial charge in [0.15, 0.2) is 0 Å². The Morgan fingerprint density at radius 1 is 1.42 bits per heavy atom. The largest absolute Gasteiger partial charge is 0.465 e. The van der Waals surface area contributed by atoms with E-state index in [-0.39, 0.29) is 12.2 Å². The Morgan fingerprint density at radius 2 is 2.08 bits per heavy atom. The Balaban J connectivity index is 3.40. The lowest BCUT2D eigenvalue weighted by atomic mass is 10.2. The smallest absolute Gasteiger partial charge is 0.313 e. The molecule has 0 N–H and O–H groups in total. The Kier molecular flexibility index (Phi) is 6.34. The van der Waals surface area contributed by atoms with Gasteiger partial charge in [-0.1, -0.05) is 20.3 Å². The quantitative estimate of drug-likeness (QED) is 0.345. The minimum atomic E-state index is -0.421. The van der Waals surface area contributed by atoms with Crippen molar-refractivity contribution in [1.29, 1.82) is 0 Å². The molecule has 0 fully saturated rings. The molecule has 0 unspecified atom stereocenters. The summed E-state index contributed by atoms with van der Waals surface area (Å²) in [7, 11) is 0. The van der Waals surface area contributed by atoms with Crippen molar-refractivity contribution < 1.29 is 14.3 Å². The van der Waals surface area contributed by atoms with Gasteiger partial charge >= 0.3 is 5.97 Å². The maximum absolute atomic E-state index is 10.8. The van der Waals surface area contributed by atoms with Crippen molar-refractivity contribution in [2.24, 2.45) is 0 Å². The van der Waals surface area contributed by atoms with E-state index in [1.807, 2.05) is 0 Å². The number of esters is 1. The van der Waals surface area contributed by atoms with Gasteiger partial charge in [-0.25, -0.2) is 0 Å². The molecule has 3 nitrogen and oxygen atoms in total. The summed E-state index contributed by atoms with van der Waals surface area (Å²) in [6.07, 6.45) is 1.80. The van der Waals surface area contributed by atoms with E-state index in [0.717, 1.165) is 12.8 Å². The number of Topliss-reactive ketones (excluding diaryl/α,β-unsaturated/α-hetero) is 1. The van der Waals surface area contributed by atoms with Gasteiger partial charge in [0.1, 0.15) is 12.2 Å². The van der Waals surface area contributed by atoms with Crippen molar-refractivity contribution in [3.63, 3.8) is 0 Å². The molecule has 0 aromatic carbocycles. The third-order valence-electron chi connectivity index (χ3n) is 1.39. The van der Waals surface area contributed by atoms with E-state index in [1.165, 1.54) is 0 Å². The average Bonchev–Trinajstić information content (AvgIpc) is 2.05. The van der Waals surface area contributed by atoms with Gasteiger partial charge in [-0.05, 0) is 6.42 Å². The van der Waals surface area contributed by atoms with Crippen molar-refractivity contribution >= 4 is 11.8 Å². The van der Waals surface area contributed by atoms with Crippen LogP contribution in [0.2, 0.25) is 0 Å². The van der Waals surface area contributed by atoms with Crippen LogP contribution in [-0.2, 0) is 14.3 Å². The molecule has 0 saturated carbocycles. The first-order valence-electron chi connectivity index (χ1n) is 4.17. The summed E-state index contributed by atoms with van der Waals surface area (Å²) in [4.78, 5) is 21.6. The molecule has 0 spiro atoms. The highest BCUT2D eigenvalue weighted by Gasteiger charge is 2.07. The standard InChI is InChI=1S/C9H15O3/c1-3-5-6-12-9(11)7-8(10)4-2/h1,3-7H2,2H3. The lowest BCUT2D eigenvalue weighted by molar-refractivity contribution is -0.146. The topological polar surface area (TPSA) is 43.4 Å². The molecule has 0 aliphatic heterocycles. The second-order valence-electron chi connectivity index (χ2n) is 2.50. The average molecular weight is 171 g/mol. The summed E-state index contributed by atoms with van der Waals surface area (Å²) >= 11 is 0. The molecule has 12 heavy (non-hydrogen) atoms. The van der Waals surface area contributed by atoms with E-state index < -0.39 is 5.97 Å². The van der Waals surface area contributed by atoms with Crippen LogP contribution >= 0.6 is 0 Å². The molecule has 0 aliphatic carbocycles. The number of carbonyl (C=O) groups is 2. The van der Waals surface area contributed by atoms with Gasteiger partial charge in [-0.2, -0.15) is 0 Å². The number of hydrogen-bond donors (Lipinski definition) is 0. The summed E-state index contributed by atoms with van der Waals surface area (Å²) in [5, 5.41) is 0. The van der Waals surface area contributed by atoms with Crippen LogP contribution in [0.5, 0.6) is 0 Å². The van der Waals surface area contributed by atoms with Gasteiger partial charge < -0.3 is 4.74 Å². The van der Waals surface area contributed by atoms with E-state index in [1.54, 1.807) is 6.92 Å². The summed E-state index contributed by atoms with van der Waals surface area (Å²) < 4.78 is 4.76. The Morgan fingerprint density at radius 3 is 2.58 bits per heavy atom. The molecule has 0 aromatic heterocycles. The second kappa shape index (κ2) is 6.83. The minimum absolute atomic E-state index is 0.0744. The maximum Gasteiger partial charge on any atom is 0.313 e. The summed E-state index contributed by atoms with van der Waals surface area (Å²) in [5.41, 5.74) is 0. The summed E-state index contributed by atoms with van der Waals surface area (Å²) in [6, 6.07) is 0. The zero-order valence-electron chi connectivity index (χ0n) is 7.47.